The van der Waals surface area contributed by atoms with Crippen molar-refractivity contribution in [2.75, 3.05) is 11.4 Å². The molecule has 1 saturated heterocycles. The quantitative estimate of drug-likeness (QED) is 0.437. The molecule has 0 radical (unpaired) electrons. The topological polar surface area (TPSA) is 101 Å². The summed E-state index contributed by atoms with van der Waals surface area (Å²) in [5, 5.41) is 0.558. The van der Waals surface area contributed by atoms with Crippen molar-refractivity contribution in [3.8, 4) is 5.88 Å². The van der Waals surface area contributed by atoms with Crippen LogP contribution >= 0.6 is 23.2 Å². The third kappa shape index (κ3) is 5.43. The van der Waals surface area contributed by atoms with Gasteiger partial charge in [0.25, 0.3) is 15.9 Å². The molecule has 1 unspecified atom stereocenters. The lowest BCUT2D eigenvalue weighted by molar-refractivity contribution is 0.0981. The number of carbonyl (C=O) groups is 1. The van der Waals surface area contributed by atoms with Crippen molar-refractivity contribution in [3.05, 3.63) is 75.9 Å². The van der Waals surface area contributed by atoms with Crippen LogP contribution in [-0.2, 0) is 16.6 Å². The molecule has 8 nitrogen and oxygen atoms in total. The Morgan fingerprint density at radius 1 is 1.19 bits per heavy atom. The van der Waals surface area contributed by atoms with Crippen LogP contribution in [0.25, 0.3) is 0 Å². The number of amides is 1. The van der Waals surface area contributed by atoms with E-state index in [-0.39, 0.29) is 28.6 Å². The number of aromatic nitrogens is 2. The summed E-state index contributed by atoms with van der Waals surface area (Å²) in [6.07, 6.45) is 2.54. The van der Waals surface area contributed by atoms with Crippen molar-refractivity contribution in [1.29, 1.82) is 0 Å². The van der Waals surface area contributed by atoms with Gasteiger partial charge in [-0.15, -0.1) is 0 Å². The molecule has 2 aromatic heterocycles. The van der Waals surface area contributed by atoms with Crippen molar-refractivity contribution in [1.82, 2.24) is 14.7 Å². The van der Waals surface area contributed by atoms with E-state index in [1.807, 2.05) is 4.90 Å². The van der Waals surface area contributed by atoms with Gasteiger partial charge in [-0.3, -0.25) is 4.79 Å². The minimum absolute atomic E-state index is 0.0575. The highest BCUT2D eigenvalue weighted by atomic mass is 35.5. The van der Waals surface area contributed by atoms with E-state index < -0.39 is 15.9 Å². The Morgan fingerprint density at radius 2 is 1.97 bits per heavy atom. The first-order valence-electron chi connectivity index (χ1n) is 11.3. The van der Waals surface area contributed by atoms with Crippen LogP contribution in [0.15, 0.2) is 59.8 Å². The Kier molecular flexibility index (Phi) is 7.45. The third-order valence-electron chi connectivity index (χ3n) is 6.57. The summed E-state index contributed by atoms with van der Waals surface area (Å²) >= 11 is 12.1. The number of sulfonamides is 1. The Hall–Kier alpha value is -2.88. The SMILES string of the molecule is CC1CCN(c2ncccc2C(=O)NS(=O)(=O)c2cccc(OCc3ccc(Cl)cc3Cl)n2)C1(C)C. The number of benzene rings is 1. The predicted octanol–water partition coefficient (Wildman–Crippen LogP) is 5.11. The predicted molar refractivity (Wildman–Crippen MR) is 139 cm³/mol. The van der Waals surface area contributed by atoms with E-state index in [1.165, 1.54) is 18.2 Å². The third-order valence-corrected chi connectivity index (χ3v) is 8.38. The van der Waals surface area contributed by atoms with Gasteiger partial charge in [-0.2, -0.15) is 13.4 Å². The van der Waals surface area contributed by atoms with Gasteiger partial charge in [-0.25, -0.2) is 9.71 Å². The average molecular weight is 549 g/mol. The summed E-state index contributed by atoms with van der Waals surface area (Å²) < 4.78 is 33.8. The molecule has 190 valence electrons. The molecular weight excluding hydrogens is 523 g/mol. The number of halogens is 2. The number of hydrogen-bond donors (Lipinski definition) is 1. The number of nitrogens with one attached hydrogen (secondary N) is 1. The maximum absolute atomic E-state index is 13.1. The van der Waals surface area contributed by atoms with Crippen molar-refractivity contribution in [3.63, 3.8) is 0 Å². The molecule has 0 aliphatic carbocycles. The molecular formula is C25H26Cl2N4O4S. The number of pyridine rings is 2. The van der Waals surface area contributed by atoms with E-state index in [1.54, 1.807) is 36.5 Å². The average Bonchev–Trinajstić information content (AvgIpc) is 3.10. The van der Waals surface area contributed by atoms with Gasteiger partial charge in [-0.1, -0.05) is 42.3 Å². The monoisotopic (exact) mass is 548 g/mol. The molecule has 3 aromatic rings. The largest absolute Gasteiger partial charge is 0.473 e. The maximum atomic E-state index is 13.1. The number of rotatable bonds is 7. The number of anilines is 1. The van der Waals surface area contributed by atoms with Crippen molar-refractivity contribution in [2.45, 2.75) is 44.4 Å². The lowest BCUT2D eigenvalue weighted by atomic mass is 9.90. The molecule has 0 spiro atoms. The van der Waals surface area contributed by atoms with Gasteiger partial charge in [0.2, 0.25) is 5.88 Å². The van der Waals surface area contributed by atoms with Crippen LogP contribution in [0.4, 0.5) is 5.82 Å². The van der Waals surface area contributed by atoms with Crippen molar-refractivity contribution >= 4 is 45.0 Å². The van der Waals surface area contributed by atoms with Crippen LogP contribution in [-0.4, -0.2) is 36.4 Å². The Balaban J connectivity index is 1.52. The number of ether oxygens (including phenoxy) is 1. The van der Waals surface area contributed by atoms with Crippen molar-refractivity contribution in [2.24, 2.45) is 5.92 Å². The van der Waals surface area contributed by atoms with E-state index >= 15 is 0 Å². The second kappa shape index (κ2) is 10.2. The van der Waals surface area contributed by atoms with Gasteiger partial charge in [0.1, 0.15) is 12.4 Å². The molecule has 0 saturated carbocycles. The number of carbonyl (C=O) groups excluding carboxylic acids is 1. The zero-order valence-electron chi connectivity index (χ0n) is 20.0. The van der Waals surface area contributed by atoms with E-state index in [0.29, 0.717) is 27.3 Å². The minimum atomic E-state index is -4.29. The van der Waals surface area contributed by atoms with E-state index in [0.717, 1.165) is 13.0 Å². The van der Waals surface area contributed by atoms with Crippen LogP contribution in [0.3, 0.4) is 0 Å². The fourth-order valence-corrected chi connectivity index (χ4v) is 5.43. The van der Waals surface area contributed by atoms with Crippen LogP contribution in [0.2, 0.25) is 10.0 Å². The second-order valence-corrected chi connectivity index (χ2v) is 11.6. The molecule has 1 N–H and O–H groups in total. The molecule has 1 fully saturated rings. The number of nitrogens with zero attached hydrogens (tertiary/aromatic N) is 3. The van der Waals surface area contributed by atoms with Crippen LogP contribution < -0.4 is 14.4 Å². The molecule has 36 heavy (non-hydrogen) atoms. The van der Waals surface area contributed by atoms with Crippen LogP contribution in [0.1, 0.15) is 43.1 Å². The summed E-state index contributed by atoms with van der Waals surface area (Å²) in [5.41, 5.74) is 0.600. The van der Waals surface area contributed by atoms with Crippen LogP contribution in [0, 0.1) is 5.92 Å². The summed E-state index contributed by atoms with van der Waals surface area (Å²) in [7, 11) is -4.29. The zero-order chi connectivity index (χ0) is 26.1. The first kappa shape index (κ1) is 26.2. The van der Waals surface area contributed by atoms with Gasteiger partial charge in [0.05, 0.1) is 5.56 Å². The lowest BCUT2D eigenvalue weighted by Gasteiger charge is -2.36. The van der Waals surface area contributed by atoms with Crippen LogP contribution in [0.5, 0.6) is 5.88 Å². The first-order valence-corrected chi connectivity index (χ1v) is 13.6. The Labute approximate surface area is 220 Å². The van der Waals surface area contributed by atoms with Gasteiger partial charge < -0.3 is 9.64 Å². The molecule has 4 rings (SSSR count). The van der Waals surface area contributed by atoms with E-state index in [9.17, 15) is 13.2 Å². The van der Waals surface area contributed by atoms with E-state index in [4.69, 9.17) is 27.9 Å². The number of hydrogen-bond acceptors (Lipinski definition) is 7. The summed E-state index contributed by atoms with van der Waals surface area (Å²) in [4.78, 5) is 23.6. The highest BCUT2D eigenvalue weighted by Gasteiger charge is 2.40. The highest BCUT2D eigenvalue weighted by molar-refractivity contribution is 7.90. The smallest absolute Gasteiger partial charge is 0.281 e. The fourth-order valence-electron chi connectivity index (χ4n) is 4.04. The Morgan fingerprint density at radius 3 is 2.67 bits per heavy atom. The van der Waals surface area contributed by atoms with Gasteiger partial charge in [0.15, 0.2) is 5.03 Å². The van der Waals surface area contributed by atoms with E-state index in [2.05, 4.69) is 35.5 Å². The normalized spacial score (nSPS) is 17.1. The maximum Gasteiger partial charge on any atom is 0.281 e. The standard InChI is InChI=1S/C25H26Cl2N4O4S/c1-16-11-13-31(25(16,2)3)23-19(6-5-12-28-23)24(32)30-36(33,34)22-8-4-7-21(29-22)35-15-17-9-10-18(26)14-20(17)27/h4-10,12,14,16H,11,13,15H2,1-3H3,(H,30,32). The lowest BCUT2D eigenvalue weighted by Crippen LogP contribution is -2.43. The first-order chi connectivity index (χ1) is 17.0. The fraction of sp³-hybridized carbons (Fsp3) is 0.320. The molecule has 11 heteroatoms. The minimum Gasteiger partial charge on any atom is -0.473 e. The zero-order valence-corrected chi connectivity index (χ0v) is 22.4. The molecule has 1 atom stereocenters. The second-order valence-electron chi connectivity index (χ2n) is 9.14. The molecule has 1 amide bonds. The summed E-state index contributed by atoms with van der Waals surface area (Å²) in [5.74, 6) is 0.110. The molecule has 3 heterocycles. The Bertz CT molecular complexity index is 1400. The molecule has 0 bridgehead atoms. The highest BCUT2D eigenvalue weighted by Crippen LogP contribution is 2.38. The molecule has 1 aromatic carbocycles. The van der Waals surface area contributed by atoms with Gasteiger partial charge >= 0.3 is 0 Å². The summed E-state index contributed by atoms with van der Waals surface area (Å²) in [6, 6.07) is 12.4. The molecule has 1 aliphatic heterocycles. The van der Waals surface area contributed by atoms with Crippen molar-refractivity contribution < 1.29 is 17.9 Å². The van der Waals surface area contributed by atoms with Gasteiger partial charge in [-0.05, 0) is 56.5 Å². The van der Waals surface area contributed by atoms with Gasteiger partial charge in [0, 0.05) is 40.0 Å². The molecule has 1 aliphatic rings. The summed E-state index contributed by atoms with van der Waals surface area (Å²) in [6.45, 7) is 7.10.